The molecule has 2 aromatic rings. The molecular formula is C15H12Cl2N2O2S. The van der Waals surface area contributed by atoms with Crippen molar-refractivity contribution in [3.63, 3.8) is 0 Å². The van der Waals surface area contributed by atoms with Gasteiger partial charge >= 0.3 is 0 Å². The molecule has 114 valence electrons. The summed E-state index contributed by atoms with van der Waals surface area (Å²) >= 11 is 13.7. The highest BCUT2D eigenvalue weighted by molar-refractivity contribution is 7.13. The summed E-state index contributed by atoms with van der Waals surface area (Å²) in [6, 6.07) is 5.60. The molecule has 0 saturated carbocycles. The fourth-order valence-corrected chi connectivity index (χ4v) is 4.23. The monoisotopic (exact) mass is 354 g/mol. The van der Waals surface area contributed by atoms with Gasteiger partial charge in [0.1, 0.15) is 10.7 Å². The van der Waals surface area contributed by atoms with Crippen LogP contribution in [0.3, 0.4) is 0 Å². The average molecular weight is 355 g/mol. The number of amides is 1. The van der Waals surface area contributed by atoms with Crippen LogP contribution in [0.15, 0.2) is 23.6 Å². The number of carbonyl (C=O) groups excluding carboxylic acids is 1. The molecule has 22 heavy (non-hydrogen) atoms. The van der Waals surface area contributed by atoms with E-state index < -0.39 is 0 Å². The molecule has 2 bridgehead atoms. The maximum Gasteiger partial charge on any atom is 0.273 e. The van der Waals surface area contributed by atoms with Gasteiger partial charge in [-0.3, -0.25) is 4.79 Å². The van der Waals surface area contributed by atoms with Crippen LogP contribution in [0.1, 0.15) is 16.9 Å². The summed E-state index contributed by atoms with van der Waals surface area (Å²) in [5, 5.41) is 3.43. The van der Waals surface area contributed by atoms with Gasteiger partial charge in [0.2, 0.25) is 0 Å². The zero-order valence-corrected chi connectivity index (χ0v) is 13.8. The maximum atomic E-state index is 12.6. The summed E-state index contributed by atoms with van der Waals surface area (Å²) in [6.07, 6.45) is 1.12. The highest BCUT2D eigenvalue weighted by Crippen LogP contribution is 2.36. The van der Waals surface area contributed by atoms with Crippen molar-refractivity contribution >= 4 is 40.4 Å². The number of thiazole rings is 1. The van der Waals surface area contributed by atoms with E-state index in [2.05, 4.69) is 4.98 Å². The second kappa shape index (κ2) is 5.49. The van der Waals surface area contributed by atoms with Crippen molar-refractivity contribution in [2.45, 2.75) is 18.6 Å². The number of hydrogen-bond donors (Lipinski definition) is 0. The van der Waals surface area contributed by atoms with Crippen LogP contribution in [0.25, 0.3) is 10.6 Å². The summed E-state index contributed by atoms with van der Waals surface area (Å²) in [4.78, 5) is 18.9. The number of ether oxygens (including phenoxy) is 1. The smallest absolute Gasteiger partial charge is 0.273 e. The molecule has 0 N–H and O–H groups in total. The van der Waals surface area contributed by atoms with Crippen molar-refractivity contribution in [1.29, 1.82) is 0 Å². The van der Waals surface area contributed by atoms with Gasteiger partial charge in [0.15, 0.2) is 0 Å². The molecule has 0 spiro atoms. The van der Waals surface area contributed by atoms with E-state index in [4.69, 9.17) is 27.9 Å². The lowest BCUT2D eigenvalue weighted by Gasteiger charge is -2.26. The first-order valence-corrected chi connectivity index (χ1v) is 8.59. The van der Waals surface area contributed by atoms with E-state index in [1.807, 2.05) is 17.0 Å². The van der Waals surface area contributed by atoms with Crippen LogP contribution in [0.5, 0.6) is 0 Å². The molecule has 2 unspecified atom stereocenters. The molecule has 3 heterocycles. The Balaban J connectivity index is 1.61. The van der Waals surface area contributed by atoms with E-state index in [9.17, 15) is 4.79 Å². The number of nitrogens with zero attached hydrogens (tertiary/aromatic N) is 2. The molecule has 4 rings (SSSR count). The molecule has 1 amide bonds. The van der Waals surface area contributed by atoms with Crippen LogP contribution in [-0.4, -0.2) is 41.1 Å². The first-order chi connectivity index (χ1) is 10.6. The highest BCUT2D eigenvalue weighted by atomic mass is 35.5. The van der Waals surface area contributed by atoms with Crippen LogP contribution in [-0.2, 0) is 4.74 Å². The number of benzene rings is 1. The molecule has 2 aliphatic rings. The Labute approximate surface area is 141 Å². The zero-order chi connectivity index (χ0) is 15.3. The first-order valence-electron chi connectivity index (χ1n) is 6.96. The number of carbonyl (C=O) groups is 1. The van der Waals surface area contributed by atoms with Crippen molar-refractivity contribution in [1.82, 2.24) is 9.88 Å². The van der Waals surface area contributed by atoms with Crippen LogP contribution < -0.4 is 0 Å². The molecule has 1 aromatic heterocycles. The van der Waals surface area contributed by atoms with Gasteiger partial charge in [0.05, 0.1) is 28.8 Å². The summed E-state index contributed by atoms with van der Waals surface area (Å²) in [7, 11) is 0. The number of halogens is 2. The van der Waals surface area contributed by atoms with Crippen LogP contribution in [0.4, 0.5) is 0 Å². The topological polar surface area (TPSA) is 42.4 Å². The molecule has 1 aromatic carbocycles. The van der Waals surface area contributed by atoms with Crippen molar-refractivity contribution < 1.29 is 9.53 Å². The molecule has 0 radical (unpaired) electrons. The van der Waals surface area contributed by atoms with Gasteiger partial charge in [0.25, 0.3) is 5.91 Å². The van der Waals surface area contributed by atoms with Gasteiger partial charge in [-0.2, -0.15) is 0 Å². The Morgan fingerprint density at radius 3 is 3.00 bits per heavy atom. The molecule has 2 fully saturated rings. The number of hydrogen-bond acceptors (Lipinski definition) is 4. The van der Waals surface area contributed by atoms with Gasteiger partial charge in [-0.25, -0.2) is 4.98 Å². The Bertz CT molecular complexity index is 749. The second-order valence-electron chi connectivity index (χ2n) is 5.44. The Kier molecular flexibility index (Phi) is 3.61. The summed E-state index contributed by atoms with van der Waals surface area (Å²) in [5.41, 5.74) is 1.22. The van der Waals surface area contributed by atoms with E-state index in [0.717, 1.165) is 12.0 Å². The van der Waals surface area contributed by atoms with Crippen molar-refractivity contribution in [3.05, 3.63) is 39.3 Å². The largest absolute Gasteiger partial charge is 0.374 e. The van der Waals surface area contributed by atoms with Gasteiger partial charge < -0.3 is 9.64 Å². The van der Waals surface area contributed by atoms with E-state index in [1.54, 1.807) is 11.4 Å². The standard InChI is InChI=1S/C15H12Cl2N2O2S/c16-11-3-1-2-10(13(11)17)14-18-12(7-22-14)15(20)19-5-9-4-8(19)6-21-9/h1-3,7-9H,4-6H2. The number of fused-ring (bicyclic) bond motifs is 2. The number of rotatable bonds is 2. The third-order valence-corrected chi connectivity index (χ3v) is 5.76. The van der Waals surface area contributed by atoms with Gasteiger partial charge in [-0.1, -0.05) is 35.3 Å². The van der Waals surface area contributed by atoms with Gasteiger partial charge in [-0.15, -0.1) is 11.3 Å². The Morgan fingerprint density at radius 2 is 2.27 bits per heavy atom. The lowest BCUT2D eigenvalue weighted by molar-refractivity contribution is 0.0256. The molecule has 0 aliphatic carbocycles. The van der Waals surface area contributed by atoms with Gasteiger partial charge in [0, 0.05) is 17.5 Å². The fourth-order valence-electron chi connectivity index (χ4n) is 2.96. The third kappa shape index (κ3) is 2.33. The summed E-state index contributed by atoms with van der Waals surface area (Å²) < 4.78 is 5.53. The normalized spacial score (nSPS) is 23.3. The molecule has 2 aliphatic heterocycles. The van der Waals surface area contributed by atoms with Crippen LogP contribution in [0, 0.1) is 0 Å². The molecular weight excluding hydrogens is 343 g/mol. The summed E-state index contributed by atoms with van der Waals surface area (Å²) in [5.74, 6) is -0.0311. The van der Waals surface area contributed by atoms with Gasteiger partial charge in [-0.05, 0) is 12.5 Å². The SMILES string of the molecule is O=C(c1csc(-c2cccc(Cl)c2Cl)n1)N1CC2CC1CO2. The lowest BCUT2D eigenvalue weighted by atomic mass is 10.2. The van der Waals surface area contributed by atoms with Crippen molar-refractivity contribution in [2.24, 2.45) is 0 Å². The predicted octanol–water partition coefficient (Wildman–Crippen LogP) is 3.73. The van der Waals surface area contributed by atoms with Crippen molar-refractivity contribution in [2.75, 3.05) is 13.2 Å². The van der Waals surface area contributed by atoms with E-state index in [1.165, 1.54) is 11.3 Å². The number of aromatic nitrogens is 1. The molecule has 2 atom stereocenters. The quantitative estimate of drug-likeness (QED) is 0.824. The van der Waals surface area contributed by atoms with E-state index in [-0.39, 0.29) is 18.1 Å². The third-order valence-electron chi connectivity index (χ3n) is 4.07. The fraction of sp³-hybridized carbons (Fsp3) is 0.333. The molecule has 2 saturated heterocycles. The first kappa shape index (κ1) is 14.5. The summed E-state index contributed by atoms with van der Waals surface area (Å²) in [6.45, 7) is 1.29. The molecule has 4 nitrogen and oxygen atoms in total. The highest BCUT2D eigenvalue weighted by Gasteiger charge is 2.42. The predicted molar refractivity (Wildman–Crippen MR) is 86.8 cm³/mol. The number of morpholine rings is 1. The van der Waals surface area contributed by atoms with Crippen LogP contribution in [0.2, 0.25) is 10.0 Å². The lowest BCUT2D eigenvalue weighted by Crippen LogP contribution is -2.41. The minimum Gasteiger partial charge on any atom is -0.374 e. The Hall–Kier alpha value is -1.14. The second-order valence-corrected chi connectivity index (χ2v) is 7.08. The average Bonchev–Trinajstić information content (AvgIpc) is 3.25. The maximum absolute atomic E-state index is 12.6. The van der Waals surface area contributed by atoms with Crippen molar-refractivity contribution in [3.8, 4) is 10.6 Å². The van der Waals surface area contributed by atoms with E-state index in [0.29, 0.717) is 33.9 Å². The Morgan fingerprint density at radius 1 is 1.41 bits per heavy atom. The van der Waals surface area contributed by atoms with Crippen LogP contribution >= 0.6 is 34.5 Å². The number of likely N-dealkylation sites (tertiary alicyclic amines) is 1. The minimum atomic E-state index is -0.0311. The molecule has 7 heteroatoms. The van der Waals surface area contributed by atoms with E-state index >= 15 is 0 Å². The minimum absolute atomic E-state index is 0.0311. The zero-order valence-electron chi connectivity index (χ0n) is 11.5.